The lowest BCUT2D eigenvalue weighted by Gasteiger charge is -2.30. The Balaban J connectivity index is 2.16. The van der Waals surface area contributed by atoms with Gasteiger partial charge in [-0.3, -0.25) is 13.9 Å². The summed E-state index contributed by atoms with van der Waals surface area (Å²) >= 11 is 3.41. The average Bonchev–Trinajstić information content (AvgIpc) is 2.85. The van der Waals surface area contributed by atoms with Crippen LogP contribution in [0.25, 0.3) is 0 Å². The predicted molar refractivity (Wildman–Crippen MR) is 146 cm³/mol. The molecule has 0 aromatic heterocycles. The number of nitrogens with one attached hydrogen (secondary N) is 1. The van der Waals surface area contributed by atoms with E-state index in [4.69, 9.17) is 4.74 Å². The van der Waals surface area contributed by atoms with Gasteiger partial charge in [0.05, 0.1) is 19.1 Å². The standard InChI is InChI=1S/C26H36BrN3O5S/c1-6-19(2)28-26(32)20(3)29(18-21-9-11-22(27)12-10-21)25(31)8-7-17-30(36(5,33)34)23-13-15-24(35-4)16-14-23/h9-16,19-20H,6-8,17-18H2,1-5H3,(H,28,32)/t19-,20+/m1/s1. The van der Waals surface area contributed by atoms with E-state index in [1.165, 1.54) is 4.31 Å². The number of amides is 2. The van der Waals surface area contributed by atoms with Crippen molar-refractivity contribution in [2.45, 2.75) is 58.7 Å². The van der Waals surface area contributed by atoms with Gasteiger partial charge in [-0.05, 0) is 68.7 Å². The molecule has 0 fully saturated rings. The van der Waals surface area contributed by atoms with Gasteiger partial charge in [-0.25, -0.2) is 8.42 Å². The molecule has 2 atom stereocenters. The summed E-state index contributed by atoms with van der Waals surface area (Å²) in [6, 6.07) is 13.6. The number of hydrogen-bond donors (Lipinski definition) is 1. The second kappa shape index (κ2) is 13.6. The zero-order valence-corrected chi connectivity index (χ0v) is 23.9. The van der Waals surface area contributed by atoms with Crippen LogP contribution in [0, 0.1) is 0 Å². The van der Waals surface area contributed by atoms with Gasteiger partial charge >= 0.3 is 0 Å². The first-order valence-corrected chi connectivity index (χ1v) is 14.6. The summed E-state index contributed by atoms with van der Waals surface area (Å²) in [6.45, 7) is 6.03. The van der Waals surface area contributed by atoms with Gasteiger partial charge in [-0.15, -0.1) is 0 Å². The summed E-state index contributed by atoms with van der Waals surface area (Å²) < 4.78 is 32.2. The normalized spacial score (nSPS) is 12.9. The number of nitrogens with zero attached hydrogens (tertiary/aromatic N) is 2. The third kappa shape index (κ3) is 8.81. The second-order valence-corrected chi connectivity index (χ2v) is 11.6. The fraction of sp³-hybridized carbons (Fsp3) is 0.462. The predicted octanol–water partition coefficient (Wildman–Crippen LogP) is 4.34. The van der Waals surface area contributed by atoms with Crippen molar-refractivity contribution in [1.82, 2.24) is 10.2 Å². The minimum Gasteiger partial charge on any atom is -0.497 e. The van der Waals surface area contributed by atoms with Crippen molar-refractivity contribution in [2.24, 2.45) is 0 Å². The van der Waals surface area contributed by atoms with Gasteiger partial charge in [0.15, 0.2) is 0 Å². The minimum absolute atomic E-state index is 0.00241. The summed E-state index contributed by atoms with van der Waals surface area (Å²) in [5.74, 6) is 0.189. The van der Waals surface area contributed by atoms with Crippen molar-refractivity contribution in [2.75, 3.05) is 24.2 Å². The van der Waals surface area contributed by atoms with Gasteiger partial charge < -0.3 is 15.0 Å². The van der Waals surface area contributed by atoms with Gasteiger partial charge in [-0.2, -0.15) is 0 Å². The van der Waals surface area contributed by atoms with Crippen LogP contribution in [-0.2, 0) is 26.2 Å². The quantitative estimate of drug-likeness (QED) is 0.379. The number of halogens is 1. The third-order valence-electron chi connectivity index (χ3n) is 5.95. The highest BCUT2D eigenvalue weighted by molar-refractivity contribution is 9.10. The zero-order chi connectivity index (χ0) is 26.9. The molecule has 0 radical (unpaired) electrons. The number of sulfonamides is 1. The van der Waals surface area contributed by atoms with Crippen LogP contribution in [0.1, 0.15) is 45.6 Å². The Hall–Kier alpha value is -2.59. The first-order chi connectivity index (χ1) is 17.0. The Kier molecular flexibility index (Phi) is 11.2. The Bertz CT molecular complexity index is 1110. The third-order valence-corrected chi connectivity index (χ3v) is 7.67. The van der Waals surface area contributed by atoms with Gasteiger partial charge in [0, 0.05) is 30.0 Å². The van der Waals surface area contributed by atoms with Crippen molar-refractivity contribution < 1.29 is 22.7 Å². The lowest BCUT2D eigenvalue weighted by atomic mass is 10.1. The summed E-state index contributed by atoms with van der Waals surface area (Å²) in [7, 11) is -2.01. The highest BCUT2D eigenvalue weighted by Crippen LogP contribution is 2.22. The van der Waals surface area contributed by atoms with E-state index < -0.39 is 16.1 Å². The number of anilines is 1. The van der Waals surface area contributed by atoms with Crippen molar-refractivity contribution >= 4 is 43.5 Å². The molecule has 36 heavy (non-hydrogen) atoms. The van der Waals surface area contributed by atoms with E-state index in [2.05, 4.69) is 21.2 Å². The summed E-state index contributed by atoms with van der Waals surface area (Å²) in [5.41, 5.74) is 1.39. The van der Waals surface area contributed by atoms with Crippen LogP contribution in [0.4, 0.5) is 5.69 Å². The number of hydrogen-bond acceptors (Lipinski definition) is 5. The number of benzene rings is 2. The van der Waals surface area contributed by atoms with Crippen LogP contribution in [0.2, 0.25) is 0 Å². The van der Waals surface area contributed by atoms with Crippen molar-refractivity contribution in [3.63, 3.8) is 0 Å². The van der Waals surface area contributed by atoms with E-state index >= 15 is 0 Å². The zero-order valence-electron chi connectivity index (χ0n) is 21.5. The van der Waals surface area contributed by atoms with Crippen LogP contribution >= 0.6 is 15.9 Å². The van der Waals surface area contributed by atoms with Crippen molar-refractivity contribution in [3.8, 4) is 5.75 Å². The Morgan fingerprint density at radius 2 is 1.67 bits per heavy atom. The van der Waals surface area contributed by atoms with Crippen LogP contribution in [-0.4, -0.2) is 57.1 Å². The molecule has 0 heterocycles. The molecule has 10 heteroatoms. The number of ether oxygens (including phenoxy) is 1. The van der Waals surface area contributed by atoms with Crippen LogP contribution in [0.3, 0.4) is 0 Å². The molecule has 1 N–H and O–H groups in total. The number of carbonyl (C=O) groups excluding carboxylic acids is 2. The molecule has 0 aliphatic carbocycles. The molecule has 0 aliphatic rings. The maximum Gasteiger partial charge on any atom is 0.242 e. The lowest BCUT2D eigenvalue weighted by molar-refractivity contribution is -0.140. The minimum atomic E-state index is -3.56. The van der Waals surface area contributed by atoms with E-state index in [1.807, 2.05) is 38.1 Å². The van der Waals surface area contributed by atoms with E-state index in [-0.39, 0.29) is 37.4 Å². The number of rotatable bonds is 13. The van der Waals surface area contributed by atoms with Gasteiger partial charge in [0.1, 0.15) is 11.8 Å². The summed E-state index contributed by atoms with van der Waals surface area (Å²) in [5, 5.41) is 2.95. The molecule has 0 spiro atoms. The topological polar surface area (TPSA) is 96.0 Å². The molecule has 8 nitrogen and oxygen atoms in total. The molecule has 2 rings (SSSR count). The number of carbonyl (C=O) groups is 2. The first-order valence-electron chi connectivity index (χ1n) is 11.9. The molecule has 0 saturated heterocycles. The molecule has 0 bridgehead atoms. The van der Waals surface area contributed by atoms with Crippen LogP contribution < -0.4 is 14.4 Å². The maximum atomic E-state index is 13.3. The van der Waals surface area contributed by atoms with E-state index in [0.717, 1.165) is 22.7 Å². The SMILES string of the molecule is CC[C@@H](C)NC(=O)[C@H](C)N(Cc1ccc(Br)cc1)C(=O)CCCN(c1ccc(OC)cc1)S(C)(=O)=O. The van der Waals surface area contributed by atoms with Crippen molar-refractivity contribution in [1.29, 1.82) is 0 Å². The van der Waals surface area contributed by atoms with E-state index in [9.17, 15) is 18.0 Å². The van der Waals surface area contributed by atoms with E-state index in [1.54, 1.807) is 43.2 Å². The highest BCUT2D eigenvalue weighted by atomic mass is 79.9. The molecule has 2 amide bonds. The molecular weight excluding hydrogens is 546 g/mol. The van der Waals surface area contributed by atoms with E-state index in [0.29, 0.717) is 17.9 Å². The highest BCUT2D eigenvalue weighted by Gasteiger charge is 2.27. The van der Waals surface area contributed by atoms with Crippen LogP contribution in [0.15, 0.2) is 53.0 Å². The fourth-order valence-electron chi connectivity index (χ4n) is 3.59. The Labute approximate surface area is 223 Å². The summed E-state index contributed by atoms with van der Waals surface area (Å²) in [4.78, 5) is 27.7. The smallest absolute Gasteiger partial charge is 0.242 e. The molecular formula is C26H36BrN3O5S. The molecule has 198 valence electrons. The average molecular weight is 583 g/mol. The number of methoxy groups -OCH3 is 1. The maximum absolute atomic E-state index is 13.3. The van der Waals surface area contributed by atoms with Gasteiger partial charge in [-0.1, -0.05) is 35.0 Å². The lowest BCUT2D eigenvalue weighted by Crippen LogP contribution is -2.49. The Morgan fingerprint density at radius 3 is 2.19 bits per heavy atom. The second-order valence-electron chi connectivity index (χ2n) is 8.78. The molecule has 0 aliphatic heterocycles. The first kappa shape index (κ1) is 29.6. The monoisotopic (exact) mass is 581 g/mol. The van der Waals surface area contributed by atoms with Crippen LogP contribution in [0.5, 0.6) is 5.75 Å². The van der Waals surface area contributed by atoms with Gasteiger partial charge in [0.25, 0.3) is 0 Å². The van der Waals surface area contributed by atoms with Gasteiger partial charge in [0.2, 0.25) is 21.8 Å². The fourth-order valence-corrected chi connectivity index (χ4v) is 4.82. The van der Waals surface area contributed by atoms with Crippen molar-refractivity contribution in [3.05, 3.63) is 58.6 Å². The largest absolute Gasteiger partial charge is 0.497 e. The summed E-state index contributed by atoms with van der Waals surface area (Å²) in [6.07, 6.45) is 2.32. The molecule has 2 aromatic rings. The molecule has 0 unspecified atom stereocenters. The molecule has 2 aromatic carbocycles. The molecule has 0 saturated carbocycles. The Morgan fingerprint density at radius 1 is 1.06 bits per heavy atom.